The first-order valence-corrected chi connectivity index (χ1v) is 3.06. The van der Waals surface area contributed by atoms with Crippen molar-refractivity contribution >= 4 is 0 Å². The molecule has 4 heteroatoms. The van der Waals surface area contributed by atoms with E-state index in [1.54, 1.807) is 0 Å². The zero-order chi connectivity index (χ0) is 4.99. The fraction of sp³-hybridized carbons (Fsp3) is 1.00. The molecule has 0 atom stereocenters. The topological polar surface area (TPSA) is 9.23 Å². The van der Waals surface area contributed by atoms with Gasteiger partial charge in [-0.25, -0.2) is 0 Å². The molecule has 0 saturated heterocycles. The van der Waals surface area contributed by atoms with Crippen LogP contribution in [0.5, 0.6) is 0 Å². The van der Waals surface area contributed by atoms with Gasteiger partial charge in [-0.15, -0.1) is 0 Å². The standard InChI is InChI=1S/C4H9O.2ClH.Zr/c1-4(2)3-5;;;/h4H,3H2,1-2H3;2*1H;/q-1;;;+3/p-2. The second-order valence-electron chi connectivity index (χ2n) is 1.70. The molecule has 0 aliphatic carbocycles. The Morgan fingerprint density at radius 2 is 1.75 bits per heavy atom. The van der Waals surface area contributed by atoms with Crippen LogP contribution in [0.4, 0.5) is 0 Å². The van der Waals surface area contributed by atoms with E-state index in [4.69, 9.17) is 2.81 Å². The van der Waals surface area contributed by atoms with Crippen molar-refractivity contribution in [1.29, 1.82) is 0 Å². The fourth-order valence-electron chi connectivity index (χ4n) is 0.167. The van der Waals surface area contributed by atoms with Gasteiger partial charge >= 0.3 is 54.3 Å². The Labute approximate surface area is 78.8 Å². The zero-order valence-electron chi connectivity index (χ0n) is 4.95. The largest absolute Gasteiger partial charge is 1.00 e. The molecule has 0 N–H and O–H groups in total. The summed E-state index contributed by atoms with van der Waals surface area (Å²) in [6.07, 6.45) is 0. The van der Waals surface area contributed by atoms with Gasteiger partial charge in [0.1, 0.15) is 0 Å². The van der Waals surface area contributed by atoms with E-state index >= 15 is 0 Å². The smallest absolute Gasteiger partial charge is 1.00 e. The molecule has 0 radical (unpaired) electrons. The van der Waals surface area contributed by atoms with Gasteiger partial charge in [0, 0.05) is 0 Å². The van der Waals surface area contributed by atoms with E-state index in [-0.39, 0.29) is 24.8 Å². The van der Waals surface area contributed by atoms with Crippen LogP contribution in [0.25, 0.3) is 0 Å². The molecule has 0 saturated carbocycles. The van der Waals surface area contributed by atoms with E-state index in [9.17, 15) is 0 Å². The molecule has 0 fully saturated rings. The van der Waals surface area contributed by atoms with Crippen LogP contribution >= 0.6 is 0 Å². The van der Waals surface area contributed by atoms with Gasteiger partial charge in [-0.3, -0.25) is 0 Å². The van der Waals surface area contributed by atoms with Crippen LogP contribution in [-0.4, -0.2) is 6.61 Å². The Morgan fingerprint density at radius 1 is 1.38 bits per heavy atom. The van der Waals surface area contributed by atoms with E-state index in [0.29, 0.717) is 5.92 Å². The first kappa shape index (κ1) is 16.2. The van der Waals surface area contributed by atoms with Crippen molar-refractivity contribution in [3.05, 3.63) is 0 Å². The van der Waals surface area contributed by atoms with E-state index < -0.39 is 0 Å². The van der Waals surface area contributed by atoms with Gasteiger partial charge in [0.2, 0.25) is 0 Å². The van der Waals surface area contributed by atoms with Crippen LogP contribution in [0, 0.1) is 5.92 Å². The molecular weight excluding hydrogens is 226 g/mol. The second kappa shape index (κ2) is 11.3. The maximum Gasteiger partial charge on any atom is -1.00 e. The Balaban J connectivity index is -0.000000125. The van der Waals surface area contributed by atoms with Gasteiger partial charge in [-0.2, -0.15) is 0 Å². The van der Waals surface area contributed by atoms with Crippen LogP contribution in [0.15, 0.2) is 0 Å². The molecule has 0 aromatic rings. The minimum absolute atomic E-state index is 0. The van der Waals surface area contributed by atoms with Gasteiger partial charge in [0.15, 0.2) is 0 Å². The minimum Gasteiger partial charge on any atom is -1.00 e. The fourth-order valence-corrected chi connectivity index (χ4v) is 0.986. The predicted molar refractivity (Wildman–Crippen MR) is 20.8 cm³/mol. The van der Waals surface area contributed by atoms with E-state index in [1.165, 1.54) is 25.2 Å². The molecule has 0 heterocycles. The molecule has 1 nitrogen and oxygen atoms in total. The summed E-state index contributed by atoms with van der Waals surface area (Å²) in [7, 11) is 0. The summed E-state index contributed by atoms with van der Waals surface area (Å²) < 4.78 is 4.89. The van der Waals surface area contributed by atoms with Crippen molar-refractivity contribution < 1.29 is 52.8 Å². The number of rotatable bonds is 2. The third-order valence-electron chi connectivity index (χ3n) is 0.417. The summed E-state index contributed by atoms with van der Waals surface area (Å²) in [4.78, 5) is 0. The van der Waals surface area contributed by atoms with Gasteiger partial charge in [0.05, 0.1) is 0 Å². The first-order valence-electron chi connectivity index (χ1n) is 2.06. The molecule has 0 aliphatic heterocycles. The monoisotopic (exact) mass is 233 g/mol. The quantitative estimate of drug-likeness (QED) is 0.466. The predicted octanol–water partition coefficient (Wildman–Crippen LogP) is -4.87. The number of hydrogen-bond donors (Lipinski definition) is 0. The molecule has 49 valence electrons. The maximum atomic E-state index is 4.89. The van der Waals surface area contributed by atoms with E-state index in [1.807, 2.05) is 0 Å². The van der Waals surface area contributed by atoms with Crippen molar-refractivity contribution in [1.82, 2.24) is 0 Å². The van der Waals surface area contributed by atoms with Crippen molar-refractivity contribution in [2.75, 3.05) is 6.61 Å². The van der Waals surface area contributed by atoms with Crippen molar-refractivity contribution in [2.24, 2.45) is 5.92 Å². The average Bonchev–Trinajstić information content (AvgIpc) is 1.35. The van der Waals surface area contributed by atoms with E-state index in [0.717, 1.165) is 6.61 Å². The van der Waals surface area contributed by atoms with Gasteiger partial charge in [0.25, 0.3) is 0 Å². The molecule has 0 aliphatic rings. The molecule has 0 aromatic carbocycles. The number of hydrogen-bond acceptors (Lipinski definition) is 1. The minimum atomic E-state index is 0. The van der Waals surface area contributed by atoms with Crippen molar-refractivity contribution in [3.63, 3.8) is 0 Å². The molecule has 8 heavy (non-hydrogen) atoms. The summed E-state index contributed by atoms with van der Waals surface area (Å²) in [6.45, 7) is 5.20. The van der Waals surface area contributed by atoms with Crippen LogP contribution in [-0.2, 0) is 28.0 Å². The third kappa shape index (κ3) is 15.7. The summed E-state index contributed by atoms with van der Waals surface area (Å²) in [6, 6.07) is 0. The van der Waals surface area contributed by atoms with Gasteiger partial charge < -0.3 is 24.8 Å². The van der Waals surface area contributed by atoms with Crippen molar-refractivity contribution in [2.45, 2.75) is 13.8 Å². The summed E-state index contributed by atoms with van der Waals surface area (Å²) in [5.74, 6) is 0.698. The molecule has 0 unspecified atom stereocenters. The van der Waals surface area contributed by atoms with Crippen LogP contribution in [0.2, 0.25) is 0 Å². The SMILES string of the molecule is CC(C)C[O][Zr+2].[Cl-].[Cl-]. The molecule has 0 aromatic heterocycles. The molecule has 0 spiro atoms. The summed E-state index contributed by atoms with van der Waals surface area (Å²) in [5.41, 5.74) is 0. The van der Waals surface area contributed by atoms with Crippen LogP contribution < -0.4 is 24.8 Å². The Bertz CT molecular complexity index is 35.2. The third-order valence-corrected chi connectivity index (χ3v) is 0.826. The maximum absolute atomic E-state index is 4.89. The second-order valence-corrected chi connectivity index (χ2v) is 2.41. The molecule has 0 amide bonds. The normalized spacial score (nSPS) is 7.62. The zero-order valence-corrected chi connectivity index (χ0v) is 8.92. The summed E-state index contributed by atoms with van der Waals surface area (Å²) >= 11 is 1.18. The van der Waals surface area contributed by atoms with Crippen LogP contribution in [0.1, 0.15) is 13.8 Å². The Kier molecular flexibility index (Phi) is 22.8. The number of halogens is 2. The van der Waals surface area contributed by atoms with Gasteiger partial charge in [-0.05, 0) is 0 Å². The first-order chi connectivity index (χ1) is 2.77. The molecule has 0 rings (SSSR count). The Hall–Kier alpha value is 1.42. The Morgan fingerprint density at radius 3 is 1.75 bits per heavy atom. The van der Waals surface area contributed by atoms with Gasteiger partial charge in [-0.1, -0.05) is 0 Å². The van der Waals surface area contributed by atoms with Crippen LogP contribution in [0.3, 0.4) is 0 Å². The molecular formula is C4H9Cl2OZr. The molecule has 0 bridgehead atoms. The van der Waals surface area contributed by atoms with Crippen molar-refractivity contribution in [3.8, 4) is 0 Å². The summed E-state index contributed by atoms with van der Waals surface area (Å²) in [5, 5.41) is 0. The average molecular weight is 235 g/mol. The van der Waals surface area contributed by atoms with E-state index in [2.05, 4.69) is 13.8 Å².